The Hall–Kier alpha value is -2.02. The number of rotatable bonds is 4. The Morgan fingerprint density at radius 1 is 1.00 bits per heavy atom. The molecule has 1 heteroatoms. The zero-order valence-electron chi connectivity index (χ0n) is 11.1. The van der Waals surface area contributed by atoms with Crippen LogP contribution < -0.4 is 4.74 Å². The molecule has 3 aromatic rings. The van der Waals surface area contributed by atoms with E-state index in [0.717, 1.165) is 30.6 Å². The summed E-state index contributed by atoms with van der Waals surface area (Å²) in [5.41, 5.74) is 0. The van der Waals surface area contributed by atoms with Crippen molar-refractivity contribution in [3.05, 3.63) is 54.6 Å². The van der Waals surface area contributed by atoms with Crippen LogP contribution in [0.25, 0.3) is 21.5 Å². The number of fused-ring (bicyclic) bond motifs is 2. The average Bonchev–Trinajstić information content (AvgIpc) is 2.45. The molecule has 0 N–H and O–H groups in total. The highest BCUT2D eigenvalue weighted by Gasteiger charge is 2.00. The zero-order chi connectivity index (χ0) is 13.1. The van der Waals surface area contributed by atoms with Gasteiger partial charge in [0.05, 0.1) is 6.61 Å². The second-order valence-electron chi connectivity index (χ2n) is 4.82. The first kappa shape index (κ1) is 12.0. The van der Waals surface area contributed by atoms with Gasteiger partial charge in [-0.1, -0.05) is 37.6 Å². The molecule has 1 nitrogen and oxygen atoms in total. The van der Waals surface area contributed by atoms with E-state index in [1.807, 2.05) is 6.07 Å². The molecule has 3 rings (SSSR count). The van der Waals surface area contributed by atoms with E-state index < -0.39 is 0 Å². The van der Waals surface area contributed by atoms with Gasteiger partial charge in [-0.15, -0.1) is 0 Å². The Bertz CT molecular complexity index is 700. The number of ether oxygens (including phenoxy) is 1. The molecule has 0 spiro atoms. The van der Waals surface area contributed by atoms with E-state index in [1.54, 1.807) is 0 Å². The molecule has 0 aliphatic rings. The molecule has 0 fully saturated rings. The summed E-state index contributed by atoms with van der Waals surface area (Å²) < 4.78 is 5.74. The summed E-state index contributed by atoms with van der Waals surface area (Å²) in [6, 6.07) is 20.1. The monoisotopic (exact) mass is 249 g/mol. The lowest BCUT2D eigenvalue weighted by Crippen LogP contribution is -1.96. The molecule has 1 radical (unpaired) electrons. The molecule has 3 aromatic carbocycles. The molecular weight excluding hydrogens is 232 g/mol. The Kier molecular flexibility index (Phi) is 3.37. The van der Waals surface area contributed by atoms with E-state index in [-0.39, 0.29) is 0 Å². The quantitative estimate of drug-likeness (QED) is 0.468. The normalized spacial score (nSPS) is 11.0. The van der Waals surface area contributed by atoms with Crippen LogP contribution in [0.3, 0.4) is 0 Å². The molecular formula is C18H17O. The van der Waals surface area contributed by atoms with Gasteiger partial charge in [0.2, 0.25) is 0 Å². The summed E-state index contributed by atoms with van der Waals surface area (Å²) in [4.78, 5) is 0. The summed E-state index contributed by atoms with van der Waals surface area (Å²) in [5, 5.41) is 4.84. The number of hydrogen-bond acceptors (Lipinski definition) is 1. The van der Waals surface area contributed by atoms with Crippen molar-refractivity contribution in [3.8, 4) is 5.75 Å². The van der Waals surface area contributed by atoms with Gasteiger partial charge in [0.1, 0.15) is 5.75 Å². The molecule has 0 heterocycles. The van der Waals surface area contributed by atoms with Crippen LogP contribution in [0.5, 0.6) is 5.75 Å². The van der Waals surface area contributed by atoms with Crippen LogP contribution in [0.1, 0.15) is 19.8 Å². The summed E-state index contributed by atoms with van der Waals surface area (Å²) in [5.74, 6) is 0.913. The van der Waals surface area contributed by atoms with E-state index >= 15 is 0 Å². The van der Waals surface area contributed by atoms with Gasteiger partial charge in [0, 0.05) is 0 Å². The predicted molar refractivity (Wildman–Crippen MR) is 80.7 cm³/mol. The maximum Gasteiger partial charge on any atom is 0.120 e. The van der Waals surface area contributed by atoms with Crippen LogP contribution in [0.4, 0.5) is 0 Å². The second-order valence-corrected chi connectivity index (χ2v) is 4.82. The van der Waals surface area contributed by atoms with Crippen LogP contribution >= 0.6 is 0 Å². The van der Waals surface area contributed by atoms with Crippen LogP contribution in [0.15, 0.2) is 48.5 Å². The third-order valence-corrected chi connectivity index (χ3v) is 3.35. The summed E-state index contributed by atoms with van der Waals surface area (Å²) >= 11 is 0. The van der Waals surface area contributed by atoms with Crippen LogP contribution in [-0.4, -0.2) is 6.61 Å². The highest BCUT2D eigenvalue weighted by molar-refractivity contribution is 5.98. The van der Waals surface area contributed by atoms with Gasteiger partial charge >= 0.3 is 0 Å². The molecule has 0 amide bonds. The molecule has 0 saturated carbocycles. The number of unbranched alkanes of at least 4 members (excludes halogenated alkanes) is 1. The molecule has 95 valence electrons. The molecule has 0 aromatic heterocycles. The van der Waals surface area contributed by atoms with Crippen molar-refractivity contribution in [2.24, 2.45) is 0 Å². The molecule has 19 heavy (non-hydrogen) atoms. The van der Waals surface area contributed by atoms with Crippen molar-refractivity contribution < 1.29 is 4.74 Å². The molecule has 0 atom stereocenters. The lowest BCUT2D eigenvalue weighted by Gasteiger charge is -2.07. The van der Waals surface area contributed by atoms with Crippen molar-refractivity contribution in [3.63, 3.8) is 0 Å². The van der Waals surface area contributed by atoms with Gasteiger partial charge in [0.15, 0.2) is 0 Å². The zero-order valence-corrected chi connectivity index (χ0v) is 11.1. The van der Waals surface area contributed by atoms with Crippen LogP contribution in [0, 0.1) is 6.07 Å². The summed E-state index contributed by atoms with van der Waals surface area (Å²) in [7, 11) is 0. The second kappa shape index (κ2) is 5.31. The van der Waals surface area contributed by atoms with E-state index in [1.165, 1.54) is 16.2 Å². The maximum atomic E-state index is 5.74. The van der Waals surface area contributed by atoms with Crippen LogP contribution in [0.2, 0.25) is 0 Å². The van der Waals surface area contributed by atoms with Crippen molar-refractivity contribution >= 4 is 21.5 Å². The van der Waals surface area contributed by atoms with Gasteiger partial charge in [-0.2, -0.15) is 0 Å². The van der Waals surface area contributed by atoms with Crippen molar-refractivity contribution in [1.82, 2.24) is 0 Å². The van der Waals surface area contributed by atoms with Crippen molar-refractivity contribution in [1.29, 1.82) is 0 Å². The third kappa shape index (κ3) is 2.55. The summed E-state index contributed by atoms with van der Waals surface area (Å²) in [6.07, 6.45) is 2.25. The average molecular weight is 249 g/mol. The standard InChI is InChI=1S/C18H17O/c1-2-3-10-19-18-9-8-16-11-14-6-4-5-7-15(14)12-17(16)13-18/h4-7,9,11-13H,2-3,10H2,1H3. The lowest BCUT2D eigenvalue weighted by atomic mass is 10.0. The van der Waals surface area contributed by atoms with E-state index in [9.17, 15) is 0 Å². The fourth-order valence-electron chi connectivity index (χ4n) is 2.26. The Labute approximate surface area is 113 Å². The molecule has 0 aliphatic carbocycles. The highest BCUT2D eigenvalue weighted by atomic mass is 16.5. The van der Waals surface area contributed by atoms with Gasteiger partial charge in [-0.05, 0) is 58.3 Å². The smallest absolute Gasteiger partial charge is 0.120 e. The summed E-state index contributed by atoms with van der Waals surface area (Å²) in [6.45, 7) is 2.95. The fourth-order valence-corrected chi connectivity index (χ4v) is 2.26. The first-order chi connectivity index (χ1) is 9.36. The fraction of sp³-hybridized carbons (Fsp3) is 0.222. The largest absolute Gasteiger partial charge is 0.494 e. The Morgan fingerprint density at radius 2 is 1.79 bits per heavy atom. The lowest BCUT2D eigenvalue weighted by molar-refractivity contribution is 0.310. The highest BCUT2D eigenvalue weighted by Crippen LogP contribution is 2.25. The molecule has 0 saturated heterocycles. The van der Waals surface area contributed by atoms with Gasteiger partial charge in [-0.25, -0.2) is 0 Å². The minimum atomic E-state index is 0.781. The SMILES string of the molecule is CCCCOc1c[c]c2cc3ccccc3cc2c1. The number of hydrogen-bond donors (Lipinski definition) is 0. The van der Waals surface area contributed by atoms with E-state index in [2.05, 4.69) is 55.5 Å². The Morgan fingerprint density at radius 3 is 2.58 bits per heavy atom. The topological polar surface area (TPSA) is 9.23 Å². The Balaban J connectivity index is 1.99. The van der Waals surface area contributed by atoms with Crippen LogP contribution in [-0.2, 0) is 0 Å². The van der Waals surface area contributed by atoms with Crippen molar-refractivity contribution in [2.75, 3.05) is 6.61 Å². The maximum absolute atomic E-state index is 5.74. The van der Waals surface area contributed by atoms with Gasteiger partial charge < -0.3 is 4.74 Å². The van der Waals surface area contributed by atoms with Gasteiger partial charge in [0.25, 0.3) is 0 Å². The van der Waals surface area contributed by atoms with Crippen molar-refractivity contribution in [2.45, 2.75) is 19.8 Å². The predicted octanol–water partition coefficient (Wildman–Crippen LogP) is 4.97. The number of benzene rings is 3. The minimum Gasteiger partial charge on any atom is -0.494 e. The first-order valence-corrected chi connectivity index (χ1v) is 6.84. The van der Waals surface area contributed by atoms with Gasteiger partial charge in [-0.3, -0.25) is 0 Å². The van der Waals surface area contributed by atoms with E-state index in [4.69, 9.17) is 4.74 Å². The van der Waals surface area contributed by atoms with E-state index in [0.29, 0.717) is 0 Å². The first-order valence-electron chi connectivity index (χ1n) is 6.84. The molecule has 0 aliphatic heterocycles. The molecule has 0 bridgehead atoms. The minimum absolute atomic E-state index is 0.781. The molecule has 0 unspecified atom stereocenters. The third-order valence-electron chi connectivity index (χ3n) is 3.35.